The third kappa shape index (κ3) is 1.27. The summed E-state index contributed by atoms with van der Waals surface area (Å²) in [6.07, 6.45) is 0.151. The lowest BCUT2D eigenvalue weighted by atomic mass is 10.2. The van der Waals surface area contributed by atoms with Gasteiger partial charge in [-0.15, -0.1) is 0 Å². The average Bonchev–Trinajstić information content (AvgIpc) is 2.85. The topological polar surface area (TPSA) is 21.8 Å². The molecule has 0 spiro atoms. The summed E-state index contributed by atoms with van der Waals surface area (Å²) in [4.78, 5) is 0. The zero-order valence-corrected chi connectivity index (χ0v) is 6.36. The van der Waals surface area contributed by atoms with Gasteiger partial charge in [0.05, 0.1) is 0 Å². The second kappa shape index (κ2) is 2.64. The fraction of sp³-hybridized carbons (Fsp3) is 0.333. The van der Waals surface area contributed by atoms with Crippen LogP contribution in [0, 0.1) is 0 Å². The van der Waals surface area contributed by atoms with E-state index in [-0.39, 0.29) is 12.4 Å². The molecule has 0 N–H and O–H groups in total. The van der Waals surface area contributed by atoms with Crippen molar-refractivity contribution in [2.75, 3.05) is 7.11 Å². The Morgan fingerprint density at radius 2 is 2.00 bits per heavy atom. The lowest BCUT2D eigenvalue weighted by molar-refractivity contribution is 0.0950. The van der Waals surface area contributed by atoms with E-state index in [0.717, 1.165) is 0 Å². The third-order valence-electron chi connectivity index (χ3n) is 1.81. The van der Waals surface area contributed by atoms with Gasteiger partial charge in [-0.25, -0.2) is 0 Å². The summed E-state index contributed by atoms with van der Waals surface area (Å²) in [5.41, 5.74) is 1.19. The zero-order chi connectivity index (χ0) is 7.68. The molecule has 0 amide bonds. The molecular weight excluding hydrogens is 140 g/mol. The van der Waals surface area contributed by atoms with E-state index in [1.165, 1.54) is 5.56 Å². The SMILES string of the molecule is CO[C@@H]1O[C@H]1c1ccccc1. The molecule has 0 saturated carbocycles. The van der Waals surface area contributed by atoms with Gasteiger partial charge >= 0.3 is 0 Å². The van der Waals surface area contributed by atoms with Gasteiger partial charge in [0.1, 0.15) is 6.10 Å². The van der Waals surface area contributed by atoms with Crippen LogP contribution in [0.15, 0.2) is 30.3 Å². The first kappa shape index (κ1) is 6.83. The number of benzene rings is 1. The third-order valence-corrected chi connectivity index (χ3v) is 1.81. The van der Waals surface area contributed by atoms with Gasteiger partial charge in [-0.3, -0.25) is 0 Å². The molecule has 0 bridgehead atoms. The Morgan fingerprint density at radius 3 is 2.55 bits per heavy atom. The van der Waals surface area contributed by atoms with E-state index in [0.29, 0.717) is 0 Å². The van der Waals surface area contributed by atoms with Crippen LogP contribution in [0.2, 0.25) is 0 Å². The highest BCUT2D eigenvalue weighted by molar-refractivity contribution is 5.20. The molecule has 1 aliphatic rings. The minimum Gasteiger partial charge on any atom is -0.353 e. The Hall–Kier alpha value is -0.860. The number of epoxide rings is 1. The Balaban J connectivity index is 2.09. The van der Waals surface area contributed by atoms with Crippen molar-refractivity contribution in [2.24, 2.45) is 0 Å². The van der Waals surface area contributed by atoms with Gasteiger partial charge in [0.2, 0.25) is 0 Å². The summed E-state index contributed by atoms with van der Waals surface area (Å²) in [6, 6.07) is 10.1. The maximum Gasteiger partial charge on any atom is 0.188 e. The molecule has 58 valence electrons. The maximum absolute atomic E-state index is 5.23. The summed E-state index contributed by atoms with van der Waals surface area (Å²) >= 11 is 0. The van der Waals surface area contributed by atoms with Crippen molar-refractivity contribution in [1.82, 2.24) is 0 Å². The van der Waals surface area contributed by atoms with Crippen molar-refractivity contribution in [1.29, 1.82) is 0 Å². The van der Waals surface area contributed by atoms with E-state index in [4.69, 9.17) is 9.47 Å². The standard InChI is InChI=1S/C9H10O2/c1-10-9-8(11-9)7-5-3-2-4-6-7/h2-6,8-9H,1H3/t8-,9+/m0/s1. The molecule has 2 rings (SSSR count). The summed E-state index contributed by atoms with van der Waals surface area (Å²) in [6.45, 7) is 0. The first-order chi connectivity index (χ1) is 5.42. The summed E-state index contributed by atoms with van der Waals surface area (Å²) < 4.78 is 10.2. The second-order valence-electron chi connectivity index (χ2n) is 2.57. The molecule has 2 nitrogen and oxygen atoms in total. The largest absolute Gasteiger partial charge is 0.353 e. The van der Waals surface area contributed by atoms with Crippen molar-refractivity contribution >= 4 is 0 Å². The Morgan fingerprint density at radius 1 is 1.27 bits per heavy atom. The zero-order valence-electron chi connectivity index (χ0n) is 6.36. The van der Waals surface area contributed by atoms with Crippen LogP contribution < -0.4 is 0 Å². The van der Waals surface area contributed by atoms with Crippen molar-refractivity contribution in [2.45, 2.75) is 12.4 Å². The van der Waals surface area contributed by atoms with Crippen LogP contribution in [-0.2, 0) is 9.47 Å². The molecule has 2 heteroatoms. The molecule has 1 fully saturated rings. The molecule has 0 radical (unpaired) electrons. The quantitative estimate of drug-likeness (QED) is 0.599. The highest BCUT2D eigenvalue weighted by atomic mass is 16.8. The number of methoxy groups -OCH3 is 1. The Bertz CT molecular complexity index is 233. The van der Waals surface area contributed by atoms with Crippen LogP contribution in [0.3, 0.4) is 0 Å². The van der Waals surface area contributed by atoms with E-state index in [1.54, 1.807) is 7.11 Å². The summed E-state index contributed by atoms with van der Waals surface area (Å²) in [5.74, 6) is 0. The molecule has 1 saturated heterocycles. The number of ether oxygens (including phenoxy) is 2. The normalized spacial score (nSPS) is 28.5. The van der Waals surface area contributed by atoms with Gasteiger partial charge in [-0.2, -0.15) is 0 Å². The van der Waals surface area contributed by atoms with E-state index < -0.39 is 0 Å². The molecule has 11 heavy (non-hydrogen) atoms. The predicted molar refractivity (Wildman–Crippen MR) is 41.1 cm³/mol. The van der Waals surface area contributed by atoms with Gasteiger partial charge in [-0.1, -0.05) is 30.3 Å². The second-order valence-corrected chi connectivity index (χ2v) is 2.57. The molecule has 2 atom stereocenters. The van der Waals surface area contributed by atoms with Crippen molar-refractivity contribution in [3.63, 3.8) is 0 Å². The highest BCUT2D eigenvalue weighted by Crippen LogP contribution is 2.38. The molecule has 1 aromatic rings. The van der Waals surface area contributed by atoms with E-state index in [9.17, 15) is 0 Å². The van der Waals surface area contributed by atoms with Crippen LogP contribution in [-0.4, -0.2) is 13.4 Å². The van der Waals surface area contributed by atoms with Crippen molar-refractivity contribution in [3.8, 4) is 0 Å². The molecular formula is C9H10O2. The lowest BCUT2D eigenvalue weighted by Gasteiger charge is -1.92. The first-order valence-electron chi connectivity index (χ1n) is 3.65. The van der Waals surface area contributed by atoms with Gasteiger partial charge in [0, 0.05) is 7.11 Å². The van der Waals surface area contributed by atoms with E-state index in [2.05, 4.69) is 0 Å². The smallest absolute Gasteiger partial charge is 0.188 e. The average molecular weight is 150 g/mol. The minimum absolute atomic E-state index is 0.0163. The lowest BCUT2D eigenvalue weighted by Crippen LogP contribution is -1.89. The number of rotatable bonds is 2. The fourth-order valence-electron chi connectivity index (χ4n) is 1.16. The molecule has 1 heterocycles. The van der Waals surface area contributed by atoms with E-state index in [1.807, 2.05) is 30.3 Å². The van der Waals surface area contributed by atoms with Crippen molar-refractivity contribution in [3.05, 3.63) is 35.9 Å². The van der Waals surface area contributed by atoms with E-state index >= 15 is 0 Å². The molecule has 1 aliphatic heterocycles. The molecule has 0 unspecified atom stereocenters. The predicted octanol–water partition coefficient (Wildman–Crippen LogP) is 1.73. The summed E-state index contributed by atoms with van der Waals surface area (Å²) in [7, 11) is 1.66. The highest BCUT2D eigenvalue weighted by Gasteiger charge is 2.40. The molecule has 1 aromatic carbocycles. The monoisotopic (exact) mass is 150 g/mol. The molecule has 0 aromatic heterocycles. The number of hydrogen-bond donors (Lipinski definition) is 0. The minimum atomic E-state index is -0.0163. The van der Waals surface area contributed by atoms with Crippen LogP contribution in [0.25, 0.3) is 0 Å². The van der Waals surface area contributed by atoms with Gasteiger partial charge in [0.15, 0.2) is 6.29 Å². The van der Waals surface area contributed by atoms with Crippen LogP contribution in [0.1, 0.15) is 11.7 Å². The van der Waals surface area contributed by atoms with Crippen LogP contribution in [0.4, 0.5) is 0 Å². The Labute approximate surface area is 65.7 Å². The van der Waals surface area contributed by atoms with Gasteiger partial charge in [0.25, 0.3) is 0 Å². The Kier molecular flexibility index (Phi) is 1.64. The van der Waals surface area contributed by atoms with Gasteiger partial charge < -0.3 is 9.47 Å². The van der Waals surface area contributed by atoms with Crippen LogP contribution >= 0.6 is 0 Å². The molecule has 0 aliphatic carbocycles. The summed E-state index contributed by atoms with van der Waals surface area (Å²) in [5, 5.41) is 0. The van der Waals surface area contributed by atoms with Crippen LogP contribution in [0.5, 0.6) is 0 Å². The first-order valence-corrected chi connectivity index (χ1v) is 3.65. The fourth-order valence-corrected chi connectivity index (χ4v) is 1.16. The van der Waals surface area contributed by atoms with Gasteiger partial charge in [-0.05, 0) is 5.56 Å². The maximum atomic E-state index is 5.23. The number of hydrogen-bond acceptors (Lipinski definition) is 2. The van der Waals surface area contributed by atoms with Crippen molar-refractivity contribution < 1.29 is 9.47 Å².